The Bertz CT molecular complexity index is 522. The van der Waals surface area contributed by atoms with Crippen LogP contribution in [0.2, 0.25) is 0 Å². The largest absolute Gasteiger partial charge is 0.367 e. The van der Waals surface area contributed by atoms with Crippen molar-refractivity contribution in [1.29, 1.82) is 0 Å². The molecule has 2 aliphatic rings. The first-order chi connectivity index (χ1) is 13.0. The summed E-state index contributed by atoms with van der Waals surface area (Å²) in [6.45, 7) is 5.94. The van der Waals surface area contributed by atoms with Crippen molar-refractivity contribution in [1.82, 2.24) is 20.9 Å². The van der Waals surface area contributed by atoms with Crippen LogP contribution in [0.1, 0.15) is 58.8 Å². The lowest BCUT2D eigenvalue weighted by Gasteiger charge is -2.35. The van der Waals surface area contributed by atoms with Gasteiger partial charge in [0, 0.05) is 31.6 Å². The molecule has 154 valence electrons. The highest BCUT2D eigenvalue weighted by atomic mass is 32.1. The standard InChI is InChI=1S/C20H36N4O2S/c1-4-5-7-15-10-16(11-15)19(25)22-12-17-8-6-9-24(17)20(26)14(2)23-18(27)13-21-3/h14-17,21H,4-13H2,1-3H3,(H,22,25)(H,23,27)/t14-,15?,16?,17?/m0/s1. The lowest BCUT2D eigenvalue weighted by Crippen LogP contribution is -2.52. The third-order valence-electron chi connectivity index (χ3n) is 5.83. The minimum atomic E-state index is -0.340. The van der Waals surface area contributed by atoms with Gasteiger partial charge in [0.25, 0.3) is 0 Å². The molecule has 1 heterocycles. The summed E-state index contributed by atoms with van der Waals surface area (Å²) in [4.78, 5) is 27.7. The SMILES string of the molecule is CCCCC1CC(C(=O)NCC2CCCN2C(=O)[C@H](C)NC(=S)CNC)C1. The lowest BCUT2D eigenvalue weighted by molar-refractivity contribution is -0.135. The van der Waals surface area contributed by atoms with Gasteiger partial charge in [0.1, 0.15) is 6.04 Å². The Labute approximate surface area is 169 Å². The van der Waals surface area contributed by atoms with Gasteiger partial charge in [0.2, 0.25) is 11.8 Å². The number of likely N-dealkylation sites (tertiary alicyclic amines) is 1. The Morgan fingerprint density at radius 1 is 1.30 bits per heavy atom. The summed E-state index contributed by atoms with van der Waals surface area (Å²) in [5.41, 5.74) is 0. The van der Waals surface area contributed by atoms with Gasteiger partial charge in [-0.2, -0.15) is 0 Å². The summed E-state index contributed by atoms with van der Waals surface area (Å²) in [6, 6.07) is -0.243. The van der Waals surface area contributed by atoms with Crippen LogP contribution in [0.25, 0.3) is 0 Å². The van der Waals surface area contributed by atoms with Gasteiger partial charge in [-0.3, -0.25) is 9.59 Å². The molecule has 0 aromatic rings. The number of carbonyl (C=O) groups is 2. The fourth-order valence-corrected chi connectivity index (χ4v) is 4.46. The molecule has 0 radical (unpaired) electrons. The molecule has 0 aromatic heterocycles. The van der Waals surface area contributed by atoms with E-state index in [0.29, 0.717) is 18.1 Å². The maximum atomic E-state index is 12.8. The quantitative estimate of drug-likeness (QED) is 0.492. The maximum Gasteiger partial charge on any atom is 0.245 e. The number of likely N-dealkylation sites (N-methyl/N-ethyl adjacent to an activating group) is 1. The lowest BCUT2D eigenvalue weighted by atomic mass is 9.72. The normalized spacial score (nSPS) is 25.6. The van der Waals surface area contributed by atoms with E-state index in [9.17, 15) is 9.59 Å². The number of nitrogens with zero attached hydrogens (tertiary/aromatic N) is 1. The first-order valence-electron chi connectivity index (χ1n) is 10.5. The van der Waals surface area contributed by atoms with Crippen LogP contribution in [0.15, 0.2) is 0 Å². The van der Waals surface area contributed by atoms with Crippen LogP contribution in [0.5, 0.6) is 0 Å². The topological polar surface area (TPSA) is 73.5 Å². The summed E-state index contributed by atoms with van der Waals surface area (Å²) in [7, 11) is 1.83. The molecule has 0 bridgehead atoms. The monoisotopic (exact) mass is 396 g/mol. The number of amides is 2. The molecular weight excluding hydrogens is 360 g/mol. The zero-order valence-electron chi connectivity index (χ0n) is 17.1. The molecule has 1 aliphatic heterocycles. The van der Waals surface area contributed by atoms with Crippen molar-refractivity contribution in [2.75, 3.05) is 26.7 Å². The summed E-state index contributed by atoms with van der Waals surface area (Å²) >= 11 is 5.22. The summed E-state index contributed by atoms with van der Waals surface area (Å²) in [5.74, 6) is 1.15. The molecule has 2 rings (SSSR count). The van der Waals surface area contributed by atoms with Gasteiger partial charge < -0.3 is 20.9 Å². The molecule has 1 unspecified atom stereocenters. The fraction of sp³-hybridized carbons (Fsp3) is 0.850. The third kappa shape index (κ3) is 6.42. The van der Waals surface area contributed by atoms with E-state index in [4.69, 9.17) is 12.2 Å². The molecule has 6 nitrogen and oxygen atoms in total. The van der Waals surface area contributed by atoms with E-state index in [0.717, 1.165) is 38.1 Å². The van der Waals surface area contributed by atoms with Gasteiger partial charge in [-0.15, -0.1) is 0 Å². The minimum absolute atomic E-state index is 0.0634. The van der Waals surface area contributed by atoms with Gasteiger partial charge in [0.05, 0.1) is 4.99 Å². The van der Waals surface area contributed by atoms with E-state index in [2.05, 4.69) is 22.9 Å². The van der Waals surface area contributed by atoms with Gasteiger partial charge in [-0.1, -0.05) is 38.4 Å². The Hall–Kier alpha value is -1.21. The average molecular weight is 397 g/mol. The van der Waals surface area contributed by atoms with Gasteiger partial charge >= 0.3 is 0 Å². The van der Waals surface area contributed by atoms with Crippen LogP contribution in [0.3, 0.4) is 0 Å². The smallest absolute Gasteiger partial charge is 0.245 e. The molecule has 2 fully saturated rings. The van der Waals surface area contributed by atoms with E-state index in [-0.39, 0.29) is 29.8 Å². The molecule has 2 atom stereocenters. The van der Waals surface area contributed by atoms with E-state index in [1.807, 2.05) is 18.9 Å². The summed E-state index contributed by atoms with van der Waals surface area (Å²) in [5, 5.41) is 9.17. The minimum Gasteiger partial charge on any atom is -0.367 e. The highest BCUT2D eigenvalue weighted by molar-refractivity contribution is 7.80. The Morgan fingerprint density at radius 2 is 2.04 bits per heavy atom. The predicted octanol–water partition coefficient (Wildman–Crippen LogP) is 1.83. The van der Waals surface area contributed by atoms with Crippen LogP contribution >= 0.6 is 12.2 Å². The molecule has 27 heavy (non-hydrogen) atoms. The van der Waals surface area contributed by atoms with E-state index >= 15 is 0 Å². The fourth-order valence-electron chi connectivity index (χ4n) is 4.14. The maximum absolute atomic E-state index is 12.8. The number of nitrogens with one attached hydrogen (secondary N) is 3. The number of thiocarbonyl (C=S) groups is 1. The van der Waals surface area contributed by atoms with E-state index in [1.165, 1.54) is 19.3 Å². The second kappa shape index (κ2) is 11.0. The predicted molar refractivity (Wildman–Crippen MR) is 113 cm³/mol. The van der Waals surface area contributed by atoms with Crippen LogP contribution in [-0.4, -0.2) is 60.5 Å². The molecule has 7 heteroatoms. The second-order valence-corrected chi connectivity index (χ2v) is 8.56. The van der Waals surface area contributed by atoms with Crippen molar-refractivity contribution in [3.8, 4) is 0 Å². The van der Waals surface area contributed by atoms with Crippen LogP contribution in [0.4, 0.5) is 0 Å². The number of carbonyl (C=O) groups excluding carboxylic acids is 2. The number of unbranched alkanes of at least 4 members (excludes halogenated alkanes) is 1. The zero-order chi connectivity index (χ0) is 19.8. The summed E-state index contributed by atoms with van der Waals surface area (Å²) < 4.78 is 0. The van der Waals surface area contributed by atoms with E-state index in [1.54, 1.807) is 0 Å². The second-order valence-electron chi connectivity index (χ2n) is 8.07. The Kier molecular flexibility index (Phi) is 8.96. The van der Waals surface area contributed by atoms with Gasteiger partial charge in [-0.05, 0) is 45.6 Å². The van der Waals surface area contributed by atoms with E-state index < -0.39 is 0 Å². The Morgan fingerprint density at radius 3 is 2.70 bits per heavy atom. The molecule has 2 amide bonds. The van der Waals surface area contributed by atoms with Crippen LogP contribution in [0, 0.1) is 11.8 Å². The molecule has 1 saturated heterocycles. The van der Waals surface area contributed by atoms with Crippen molar-refractivity contribution in [3.63, 3.8) is 0 Å². The Balaban J connectivity index is 1.73. The number of rotatable bonds is 10. The van der Waals surface area contributed by atoms with Crippen molar-refractivity contribution >= 4 is 29.0 Å². The number of hydrogen-bond acceptors (Lipinski definition) is 4. The van der Waals surface area contributed by atoms with Crippen LogP contribution < -0.4 is 16.0 Å². The van der Waals surface area contributed by atoms with Crippen molar-refractivity contribution in [3.05, 3.63) is 0 Å². The van der Waals surface area contributed by atoms with Crippen LogP contribution in [-0.2, 0) is 9.59 Å². The van der Waals surface area contributed by atoms with Gasteiger partial charge in [0.15, 0.2) is 0 Å². The van der Waals surface area contributed by atoms with Crippen molar-refractivity contribution in [2.24, 2.45) is 11.8 Å². The van der Waals surface area contributed by atoms with Crippen molar-refractivity contribution in [2.45, 2.75) is 70.9 Å². The molecule has 3 N–H and O–H groups in total. The number of hydrogen-bond donors (Lipinski definition) is 3. The molecular formula is C20H36N4O2S. The first-order valence-corrected chi connectivity index (χ1v) is 10.9. The molecule has 0 spiro atoms. The third-order valence-corrected chi connectivity index (χ3v) is 6.09. The molecule has 0 aromatic carbocycles. The first kappa shape index (κ1) is 22.1. The highest BCUT2D eigenvalue weighted by Gasteiger charge is 2.35. The highest BCUT2D eigenvalue weighted by Crippen LogP contribution is 2.37. The molecule has 1 aliphatic carbocycles. The average Bonchev–Trinajstić information content (AvgIpc) is 3.06. The zero-order valence-corrected chi connectivity index (χ0v) is 17.9. The molecule has 1 saturated carbocycles. The summed E-state index contributed by atoms with van der Waals surface area (Å²) in [6.07, 6.45) is 7.75. The van der Waals surface area contributed by atoms with Gasteiger partial charge in [-0.25, -0.2) is 0 Å². The van der Waals surface area contributed by atoms with Crippen molar-refractivity contribution < 1.29 is 9.59 Å².